The molecule has 4 amide bonds. The average Bonchev–Trinajstić information content (AvgIpc) is 3.49. The van der Waals surface area contributed by atoms with E-state index in [2.05, 4.69) is 31.6 Å². The summed E-state index contributed by atoms with van der Waals surface area (Å²) in [5, 5.41) is 29.7. The lowest BCUT2D eigenvalue weighted by molar-refractivity contribution is -0.134. The summed E-state index contributed by atoms with van der Waals surface area (Å²) in [6, 6.07) is 10.9. The first kappa shape index (κ1) is 34.4. The van der Waals surface area contributed by atoms with E-state index in [9.17, 15) is 24.3 Å². The van der Waals surface area contributed by atoms with Crippen LogP contribution < -0.4 is 26.0 Å². The third kappa shape index (κ3) is 9.78. The third-order valence-corrected chi connectivity index (χ3v) is 8.06. The standard InChI is InChI=1S/C32H41N7O6S/c1-20-10-11-24-27(16-20)45-14-7-13-39-19-23(37-38-39)18-33-30(42)26(17-22-8-5-4-6-9-22)35-32(44)28(21(2)40)36-31(43)25(12-15-46-3)34-29(24)41/h4-6,8-11,16,19,21,25-26,28,40H,7,12-15,17-18H2,1-3H3,(H,33,42)(H,34,41)(H,35,44)(H,36,43)/t21-,25+,26-,28+/m1/s1. The van der Waals surface area contributed by atoms with Gasteiger partial charge in [0, 0.05) is 19.4 Å². The van der Waals surface area contributed by atoms with Crippen LogP contribution in [0.2, 0.25) is 0 Å². The van der Waals surface area contributed by atoms with Crippen LogP contribution in [0.15, 0.2) is 54.7 Å². The minimum atomic E-state index is -1.40. The molecule has 13 nitrogen and oxygen atoms in total. The lowest BCUT2D eigenvalue weighted by atomic mass is 10.0. The molecule has 246 valence electrons. The maximum absolute atomic E-state index is 13.6. The molecule has 0 unspecified atom stereocenters. The summed E-state index contributed by atoms with van der Waals surface area (Å²) < 4.78 is 7.64. The van der Waals surface area contributed by atoms with Crippen molar-refractivity contribution in [3.8, 4) is 5.75 Å². The molecule has 2 heterocycles. The molecule has 0 radical (unpaired) electrons. The number of fused-ring (bicyclic) bond motifs is 3. The van der Waals surface area contributed by atoms with Gasteiger partial charge in [-0.3, -0.25) is 23.9 Å². The number of ether oxygens (including phenoxy) is 1. The fourth-order valence-corrected chi connectivity index (χ4v) is 5.37. The fourth-order valence-electron chi connectivity index (χ4n) is 4.90. The molecule has 46 heavy (non-hydrogen) atoms. The second-order valence-corrected chi connectivity index (χ2v) is 12.2. The van der Waals surface area contributed by atoms with E-state index < -0.39 is 47.9 Å². The molecule has 0 saturated heterocycles. The summed E-state index contributed by atoms with van der Waals surface area (Å²) in [5.41, 5.74) is 2.48. The van der Waals surface area contributed by atoms with Crippen molar-refractivity contribution in [2.75, 3.05) is 18.6 Å². The van der Waals surface area contributed by atoms with E-state index in [0.717, 1.165) is 11.1 Å². The molecule has 0 spiro atoms. The van der Waals surface area contributed by atoms with Crippen LogP contribution in [0, 0.1) is 6.92 Å². The lowest BCUT2D eigenvalue weighted by Gasteiger charge is -2.27. The minimum Gasteiger partial charge on any atom is -0.493 e. The van der Waals surface area contributed by atoms with Crippen molar-refractivity contribution < 1.29 is 29.0 Å². The van der Waals surface area contributed by atoms with Crippen LogP contribution in [0.5, 0.6) is 5.75 Å². The van der Waals surface area contributed by atoms with Crippen molar-refractivity contribution in [3.63, 3.8) is 0 Å². The number of hydrogen-bond donors (Lipinski definition) is 5. The zero-order valence-electron chi connectivity index (χ0n) is 26.2. The SMILES string of the molecule is CSCC[C@@H]1NC(=O)c2ccc(C)cc2OCCCn2cc(nn2)CNC(=O)[C@@H](Cc2ccccc2)NC(=O)[C@H]([C@@H](C)O)NC1=O. The topological polar surface area (TPSA) is 177 Å². The van der Waals surface area contributed by atoms with Crippen molar-refractivity contribution >= 4 is 35.4 Å². The van der Waals surface area contributed by atoms with E-state index in [1.807, 2.05) is 43.5 Å². The number of benzene rings is 2. The fraction of sp³-hybridized carbons (Fsp3) is 0.438. The van der Waals surface area contributed by atoms with Gasteiger partial charge in [-0.1, -0.05) is 41.6 Å². The highest BCUT2D eigenvalue weighted by Gasteiger charge is 2.33. The van der Waals surface area contributed by atoms with Crippen LogP contribution in [-0.4, -0.2) is 86.6 Å². The quantitative estimate of drug-likeness (QED) is 0.262. The van der Waals surface area contributed by atoms with Crippen LogP contribution in [-0.2, 0) is 33.9 Å². The molecule has 3 aromatic rings. The second-order valence-electron chi connectivity index (χ2n) is 11.2. The van der Waals surface area contributed by atoms with E-state index >= 15 is 0 Å². The Morgan fingerprint density at radius 2 is 1.80 bits per heavy atom. The first-order chi connectivity index (χ1) is 22.1. The molecule has 0 fully saturated rings. The normalized spacial score (nSPS) is 20.9. The van der Waals surface area contributed by atoms with Crippen molar-refractivity contribution in [1.29, 1.82) is 0 Å². The number of nitrogens with zero attached hydrogens (tertiary/aromatic N) is 3. The van der Waals surface area contributed by atoms with Gasteiger partial charge in [0.05, 0.1) is 31.0 Å². The van der Waals surface area contributed by atoms with E-state index in [1.54, 1.807) is 29.1 Å². The van der Waals surface area contributed by atoms with Crippen LogP contribution in [0.25, 0.3) is 0 Å². The third-order valence-electron chi connectivity index (χ3n) is 7.41. The predicted molar refractivity (Wildman–Crippen MR) is 173 cm³/mol. The highest BCUT2D eigenvalue weighted by Crippen LogP contribution is 2.21. The zero-order valence-corrected chi connectivity index (χ0v) is 27.0. The molecule has 0 saturated carbocycles. The highest BCUT2D eigenvalue weighted by molar-refractivity contribution is 7.98. The monoisotopic (exact) mass is 651 g/mol. The van der Waals surface area contributed by atoms with Crippen molar-refractivity contribution in [2.24, 2.45) is 0 Å². The van der Waals surface area contributed by atoms with E-state index in [1.165, 1.54) is 18.7 Å². The Labute approximate surface area is 272 Å². The number of rotatable bonds is 6. The van der Waals surface area contributed by atoms with Crippen LogP contribution in [0.1, 0.15) is 46.9 Å². The molecular weight excluding hydrogens is 610 g/mol. The molecular formula is C32H41N7O6S. The molecule has 4 atom stereocenters. The summed E-state index contributed by atoms with van der Waals surface area (Å²) >= 11 is 1.50. The Kier molecular flexibility index (Phi) is 12.5. The lowest BCUT2D eigenvalue weighted by Crippen LogP contribution is -2.60. The first-order valence-electron chi connectivity index (χ1n) is 15.2. The Bertz CT molecular complexity index is 1500. The number of carbonyl (C=O) groups excluding carboxylic acids is 4. The van der Waals surface area contributed by atoms with Gasteiger partial charge in [0.15, 0.2) is 0 Å². The minimum absolute atomic E-state index is 0.0740. The number of aliphatic hydroxyl groups is 1. The molecule has 2 bridgehead atoms. The van der Waals surface area contributed by atoms with E-state index in [4.69, 9.17) is 4.74 Å². The number of aryl methyl sites for hydroxylation is 2. The Morgan fingerprint density at radius 1 is 1.02 bits per heavy atom. The van der Waals surface area contributed by atoms with Crippen molar-refractivity contribution in [2.45, 2.75) is 70.4 Å². The summed E-state index contributed by atoms with van der Waals surface area (Å²) in [6.45, 7) is 4.10. The number of aromatic nitrogens is 3. The number of thioether (sulfide) groups is 1. The summed E-state index contributed by atoms with van der Waals surface area (Å²) in [4.78, 5) is 54.0. The molecule has 4 rings (SSSR count). The van der Waals surface area contributed by atoms with Gasteiger partial charge >= 0.3 is 0 Å². The molecule has 1 aliphatic rings. The Morgan fingerprint density at radius 3 is 2.54 bits per heavy atom. The van der Waals surface area contributed by atoms with Gasteiger partial charge in [-0.2, -0.15) is 11.8 Å². The molecule has 0 aliphatic carbocycles. The largest absolute Gasteiger partial charge is 0.493 e. The zero-order chi connectivity index (χ0) is 33.1. The summed E-state index contributed by atoms with van der Waals surface area (Å²) in [7, 11) is 0. The van der Waals surface area contributed by atoms with Crippen LogP contribution in [0.4, 0.5) is 0 Å². The number of hydrogen-bond acceptors (Lipinski definition) is 9. The van der Waals surface area contributed by atoms with Crippen molar-refractivity contribution in [1.82, 2.24) is 36.3 Å². The Balaban J connectivity index is 1.64. The molecule has 5 N–H and O–H groups in total. The maximum Gasteiger partial charge on any atom is 0.255 e. The first-order valence-corrected chi connectivity index (χ1v) is 16.6. The van der Waals surface area contributed by atoms with E-state index in [0.29, 0.717) is 30.2 Å². The highest BCUT2D eigenvalue weighted by atomic mass is 32.2. The maximum atomic E-state index is 13.6. The number of carbonyl (C=O) groups is 4. The second kappa shape index (κ2) is 16.8. The molecule has 14 heteroatoms. The smallest absolute Gasteiger partial charge is 0.255 e. The molecule has 1 aliphatic heterocycles. The van der Waals surface area contributed by atoms with E-state index in [-0.39, 0.29) is 31.6 Å². The number of amides is 4. The number of nitrogens with one attached hydrogen (secondary N) is 4. The van der Waals surface area contributed by atoms with Gasteiger partial charge in [0.1, 0.15) is 29.6 Å². The number of aliphatic hydroxyl groups excluding tert-OH is 1. The van der Waals surface area contributed by atoms with Crippen LogP contribution >= 0.6 is 11.8 Å². The van der Waals surface area contributed by atoms with Crippen LogP contribution in [0.3, 0.4) is 0 Å². The molecule has 1 aromatic heterocycles. The molecule has 2 aromatic carbocycles. The Hall–Kier alpha value is -4.43. The summed E-state index contributed by atoms with van der Waals surface area (Å²) in [5.74, 6) is -1.46. The van der Waals surface area contributed by atoms with Crippen molar-refractivity contribution in [3.05, 3.63) is 77.1 Å². The van der Waals surface area contributed by atoms with Gasteiger partial charge in [-0.25, -0.2) is 0 Å². The van der Waals surface area contributed by atoms with Gasteiger partial charge in [-0.15, -0.1) is 5.10 Å². The van der Waals surface area contributed by atoms with Gasteiger partial charge in [0.25, 0.3) is 5.91 Å². The van der Waals surface area contributed by atoms with Gasteiger partial charge in [0.2, 0.25) is 17.7 Å². The predicted octanol–water partition coefficient (Wildman–Crippen LogP) is 1.13. The van der Waals surface area contributed by atoms with Gasteiger partial charge < -0.3 is 31.1 Å². The average molecular weight is 652 g/mol. The summed E-state index contributed by atoms with van der Waals surface area (Å²) in [6.07, 6.45) is 3.28. The van der Waals surface area contributed by atoms with Gasteiger partial charge in [-0.05, 0) is 55.5 Å².